The van der Waals surface area contributed by atoms with E-state index in [9.17, 15) is 9.18 Å². The summed E-state index contributed by atoms with van der Waals surface area (Å²) in [6, 6.07) is 12.4. The van der Waals surface area contributed by atoms with Crippen LogP contribution >= 0.6 is 0 Å². The maximum absolute atomic E-state index is 13.4. The molecular formula is C23H24FN3O3. The highest BCUT2D eigenvalue weighted by Crippen LogP contribution is 2.52. The molecule has 1 saturated heterocycles. The first-order chi connectivity index (χ1) is 14.5. The van der Waals surface area contributed by atoms with E-state index in [2.05, 4.69) is 11.1 Å². The number of carbonyl (C=O) groups excluding carboxylic acids is 1. The maximum Gasteiger partial charge on any atom is 0.219 e. The summed E-state index contributed by atoms with van der Waals surface area (Å²) in [5.74, 6) is 1.28. The first kappa shape index (κ1) is 18.9. The fourth-order valence-corrected chi connectivity index (χ4v) is 4.75. The van der Waals surface area contributed by atoms with Crippen molar-refractivity contribution in [3.63, 3.8) is 0 Å². The molecule has 156 valence electrons. The first-order valence-electron chi connectivity index (χ1n) is 10.2. The molecular weight excluding hydrogens is 385 g/mol. The second kappa shape index (κ2) is 7.00. The van der Waals surface area contributed by atoms with Gasteiger partial charge < -0.3 is 14.4 Å². The van der Waals surface area contributed by atoms with Gasteiger partial charge in [-0.25, -0.2) is 9.40 Å². The van der Waals surface area contributed by atoms with E-state index in [1.54, 1.807) is 26.2 Å². The number of nitrogens with zero attached hydrogens (tertiary/aromatic N) is 3. The van der Waals surface area contributed by atoms with Crippen molar-refractivity contribution in [1.29, 1.82) is 0 Å². The molecule has 1 fully saturated rings. The largest absolute Gasteiger partial charge is 0.493 e. The third-order valence-corrected chi connectivity index (χ3v) is 6.38. The highest BCUT2D eigenvalue weighted by atomic mass is 19.1. The lowest BCUT2D eigenvalue weighted by Gasteiger charge is -2.51. The van der Waals surface area contributed by atoms with Gasteiger partial charge in [0.2, 0.25) is 11.6 Å². The number of rotatable bonds is 2. The number of benzene rings is 2. The van der Waals surface area contributed by atoms with Crippen LogP contribution in [0.5, 0.6) is 11.5 Å². The summed E-state index contributed by atoms with van der Waals surface area (Å²) in [6.07, 6.45) is 2.01. The monoisotopic (exact) mass is 409 g/mol. The van der Waals surface area contributed by atoms with E-state index in [1.807, 2.05) is 17.0 Å². The van der Waals surface area contributed by atoms with Gasteiger partial charge in [-0.15, -0.1) is 0 Å². The third-order valence-electron chi connectivity index (χ3n) is 6.38. The smallest absolute Gasteiger partial charge is 0.219 e. The maximum atomic E-state index is 13.4. The molecule has 0 radical (unpaired) electrons. The van der Waals surface area contributed by atoms with E-state index in [0.29, 0.717) is 38.1 Å². The molecule has 3 aliphatic rings. The van der Waals surface area contributed by atoms with Crippen molar-refractivity contribution in [2.24, 2.45) is 5.10 Å². The van der Waals surface area contributed by atoms with E-state index >= 15 is 0 Å². The van der Waals surface area contributed by atoms with Gasteiger partial charge in [-0.05, 0) is 23.8 Å². The number of ether oxygens (including phenoxy) is 2. The summed E-state index contributed by atoms with van der Waals surface area (Å²) in [5, 5.41) is 7.04. The van der Waals surface area contributed by atoms with Crippen LogP contribution in [0.2, 0.25) is 0 Å². The van der Waals surface area contributed by atoms with Gasteiger partial charge in [0.15, 0.2) is 11.5 Å². The van der Waals surface area contributed by atoms with Crippen molar-refractivity contribution in [3.05, 3.63) is 59.4 Å². The van der Waals surface area contributed by atoms with Crippen LogP contribution in [0.1, 0.15) is 43.4 Å². The van der Waals surface area contributed by atoms with Crippen molar-refractivity contribution in [3.8, 4) is 11.5 Å². The molecule has 0 unspecified atom stereocenters. The minimum Gasteiger partial charge on any atom is -0.493 e. The standard InChI is InChI=1S/C23H24FN3O3/c1-15(28)26-12-10-23(11-13-26)27-20(18-4-3-5-21(29-2)22(18)30-23)14-19(25-27)16-6-8-17(24)9-7-16/h3-9,20H,10-14H2,1-2H3/t20-/m0/s1. The molecule has 2 aromatic carbocycles. The van der Waals surface area contributed by atoms with Crippen molar-refractivity contribution in [2.45, 2.75) is 38.0 Å². The first-order valence-corrected chi connectivity index (χ1v) is 10.2. The number of para-hydroxylation sites is 1. The third kappa shape index (κ3) is 2.91. The second-order valence-electron chi connectivity index (χ2n) is 8.05. The van der Waals surface area contributed by atoms with E-state index in [4.69, 9.17) is 14.6 Å². The predicted octanol–water partition coefficient (Wildman–Crippen LogP) is 3.72. The van der Waals surface area contributed by atoms with Crippen molar-refractivity contribution >= 4 is 11.6 Å². The number of fused-ring (bicyclic) bond motifs is 4. The number of halogens is 1. The molecule has 3 heterocycles. The van der Waals surface area contributed by atoms with Gasteiger partial charge >= 0.3 is 0 Å². The van der Waals surface area contributed by atoms with Crippen LogP contribution in [0.25, 0.3) is 0 Å². The Labute approximate surface area is 174 Å². The Hall–Kier alpha value is -3.09. The van der Waals surface area contributed by atoms with Gasteiger partial charge in [0.1, 0.15) is 5.82 Å². The zero-order chi connectivity index (χ0) is 20.9. The van der Waals surface area contributed by atoms with Gasteiger partial charge in [-0.2, -0.15) is 5.10 Å². The molecule has 1 atom stereocenters. The average molecular weight is 409 g/mol. The topological polar surface area (TPSA) is 54.4 Å². The average Bonchev–Trinajstić information content (AvgIpc) is 3.21. The lowest BCUT2D eigenvalue weighted by molar-refractivity contribution is -0.159. The van der Waals surface area contributed by atoms with E-state index in [0.717, 1.165) is 22.6 Å². The number of hydrazone groups is 1. The number of methoxy groups -OCH3 is 1. The minimum atomic E-state index is -0.639. The fourth-order valence-electron chi connectivity index (χ4n) is 4.75. The molecule has 7 heteroatoms. The minimum absolute atomic E-state index is 0.00720. The Balaban J connectivity index is 1.57. The molecule has 30 heavy (non-hydrogen) atoms. The summed E-state index contributed by atoms with van der Waals surface area (Å²) < 4.78 is 25.6. The number of carbonyl (C=O) groups is 1. The predicted molar refractivity (Wildman–Crippen MR) is 110 cm³/mol. The van der Waals surface area contributed by atoms with Crippen LogP contribution in [-0.4, -0.2) is 47.5 Å². The summed E-state index contributed by atoms with van der Waals surface area (Å²) in [6.45, 7) is 2.83. The van der Waals surface area contributed by atoms with Crippen LogP contribution in [0.3, 0.4) is 0 Å². The van der Waals surface area contributed by atoms with E-state index in [-0.39, 0.29) is 17.8 Å². The Morgan fingerprint density at radius 3 is 2.60 bits per heavy atom. The van der Waals surface area contributed by atoms with Gasteiger partial charge in [-0.1, -0.05) is 24.3 Å². The molecule has 1 amide bonds. The summed E-state index contributed by atoms with van der Waals surface area (Å²) in [7, 11) is 1.64. The molecule has 1 spiro atoms. The number of likely N-dealkylation sites (tertiary alicyclic amines) is 1. The van der Waals surface area contributed by atoms with Crippen molar-refractivity contribution < 1.29 is 18.7 Å². The number of amides is 1. The van der Waals surface area contributed by atoms with E-state index < -0.39 is 5.72 Å². The van der Waals surface area contributed by atoms with Gasteiger partial charge in [0.05, 0.1) is 18.9 Å². The number of hydrogen-bond donors (Lipinski definition) is 0. The zero-order valence-electron chi connectivity index (χ0n) is 17.1. The Morgan fingerprint density at radius 1 is 1.20 bits per heavy atom. The van der Waals surface area contributed by atoms with Crippen LogP contribution < -0.4 is 9.47 Å². The quantitative estimate of drug-likeness (QED) is 0.759. The molecule has 3 aliphatic heterocycles. The highest BCUT2D eigenvalue weighted by molar-refractivity contribution is 6.02. The second-order valence-corrected chi connectivity index (χ2v) is 8.05. The molecule has 2 aromatic rings. The van der Waals surface area contributed by atoms with Gasteiger partial charge in [0.25, 0.3) is 0 Å². The van der Waals surface area contributed by atoms with Crippen LogP contribution in [-0.2, 0) is 4.79 Å². The molecule has 0 N–H and O–H groups in total. The van der Waals surface area contributed by atoms with E-state index in [1.165, 1.54) is 12.1 Å². The molecule has 0 bridgehead atoms. The highest BCUT2D eigenvalue weighted by Gasteiger charge is 2.52. The summed E-state index contributed by atoms with van der Waals surface area (Å²) in [5.41, 5.74) is 2.22. The Bertz CT molecular complexity index is 1010. The Morgan fingerprint density at radius 2 is 1.93 bits per heavy atom. The lowest BCUT2D eigenvalue weighted by atomic mass is 9.90. The SMILES string of the molecule is COc1cccc2c1OC1(CCN(C(C)=O)CC1)N1N=C(c3ccc(F)cc3)C[C@@H]21. The molecule has 6 nitrogen and oxygen atoms in total. The fraction of sp³-hybridized carbons (Fsp3) is 0.391. The zero-order valence-corrected chi connectivity index (χ0v) is 17.1. The van der Waals surface area contributed by atoms with Crippen LogP contribution in [0.4, 0.5) is 4.39 Å². The summed E-state index contributed by atoms with van der Waals surface area (Å²) >= 11 is 0. The van der Waals surface area contributed by atoms with Crippen LogP contribution in [0.15, 0.2) is 47.6 Å². The van der Waals surface area contributed by atoms with Gasteiger partial charge in [-0.3, -0.25) is 4.79 Å². The molecule has 0 saturated carbocycles. The molecule has 0 aliphatic carbocycles. The van der Waals surface area contributed by atoms with Crippen molar-refractivity contribution in [2.75, 3.05) is 20.2 Å². The van der Waals surface area contributed by atoms with Gasteiger partial charge in [0, 0.05) is 44.8 Å². The Kier molecular flexibility index (Phi) is 4.41. The summed E-state index contributed by atoms with van der Waals surface area (Å²) in [4.78, 5) is 13.7. The number of piperidine rings is 1. The molecule has 0 aromatic heterocycles. The van der Waals surface area contributed by atoms with Crippen molar-refractivity contribution in [1.82, 2.24) is 9.91 Å². The normalized spacial score (nSPS) is 21.6. The molecule has 5 rings (SSSR count). The lowest BCUT2D eigenvalue weighted by Crippen LogP contribution is -2.59. The van der Waals surface area contributed by atoms with Crippen LogP contribution in [0, 0.1) is 5.82 Å². The number of hydrogen-bond acceptors (Lipinski definition) is 5.